The Morgan fingerprint density at radius 3 is 0.818 bits per heavy atom. The van der Waals surface area contributed by atoms with Crippen molar-refractivity contribution in [3.05, 3.63) is 105 Å². The molecule has 0 aromatic carbocycles. The molecule has 0 radical (unpaired) electrons. The Labute approximate surface area is 337 Å². The molecule has 0 aliphatic heterocycles. The molecule has 0 rings (SSSR count). The van der Waals surface area contributed by atoms with E-state index in [2.05, 4.69) is 120 Å². The third kappa shape index (κ3) is 36.0. The van der Waals surface area contributed by atoms with E-state index in [0.29, 0.717) is 6.42 Å². The van der Waals surface area contributed by atoms with E-state index in [4.69, 9.17) is 9.79 Å². The van der Waals surface area contributed by atoms with Gasteiger partial charge >= 0.3 is 15.6 Å². The van der Waals surface area contributed by atoms with Crippen molar-refractivity contribution in [1.82, 2.24) is 0 Å². The number of hydrogen-bond donors (Lipinski definition) is 3. The van der Waals surface area contributed by atoms with Gasteiger partial charge in [0.05, 0.1) is 6.61 Å². The smallest absolute Gasteiger partial charge is 0.302 e. The van der Waals surface area contributed by atoms with Crippen LogP contribution in [0.5, 0.6) is 0 Å². The SMILES string of the molecule is CC(C)=CCC/C(C)=C/CC/C(C)=C/CC/C(C)=C/CC/C(C)=C/CC/C(C)=C/CC/C(C)=C/CC/C(C)=C/CC/C(C)=C/CCOP(=O)(O)OP(=O)(O)O. The summed E-state index contributed by atoms with van der Waals surface area (Å²) in [5.41, 5.74) is 12.8. The number of allylic oxidation sites excluding steroid dienone is 17. The lowest BCUT2D eigenvalue weighted by Gasteiger charge is -2.11. The monoisotopic (exact) mass is 805 g/mol. The maximum Gasteiger partial charge on any atom is 0.481 e. The summed E-state index contributed by atoms with van der Waals surface area (Å²) in [6, 6.07) is 0. The summed E-state index contributed by atoms with van der Waals surface area (Å²) < 4.78 is 30.5. The number of rotatable bonds is 30. The second-order valence-corrected chi connectivity index (χ2v) is 18.5. The van der Waals surface area contributed by atoms with Gasteiger partial charge in [-0.1, -0.05) is 105 Å². The Morgan fingerprint density at radius 2 is 0.600 bits per heavy atom. The van der Waals surface area contributed by atoms with Crippen LogP contribution in [0.3, 0.4) is 0 Å². The van der Waals surface area contributed by atoms with Gasteiger partial charge in [-0.15, -0.1) is 0 Å². The standard InChI is InChI=1S/C46H78O7P2/c1-38(2)20-11-21-39(3)22-12-23-40(4)24-13-25-41(5)26-14-27-42(6)28-15-29-43(7)30-16-31-44(8)32-17-33-45(9)34-18-35-46(10)36-19-37-52-55(50,51)53-54(47,48)49/h20,22,24,26,28,30,32,34,36H,11-19,21,23,25,27,29,31,33,35,37H2,1-10H3,(H,50,51)(H2,47,48,49)/b39-22+,40-24+,41-26+,42-28+,43-30+,44-32+,45-34+,46-36+. The molecule has 0 saturated heterocycles. The van der Waals surface area contributed by atoms with Crippen LogP contribution in [-0.4, -0.2) is 21.3 Å². The van der Waals surface area contributed by atoms with E-state index in [-0.39, 0.29) is 6.61 Å². The summed E-state index contributed by atoms with van der Waals surface area (Å²) in [6.45, 7) is 21.9. The van der Waals surface area contributed by atoms with E-state index in [1.807, 2.05) is 13.0 Å². The highest BCUT2D eigenvalue weighted by molar-refractivity contribution is 7.60. The molecule has 0 aliphatic rings. The lowest BCUT2D eigenvalue weighted by molar-refractivity contribution is 0.180. The normalized spacial score (nSPS) is 15.8. The number of phosphoric acid groups is 2. The molecule has 0 aromatic rings. The zero-order chi connectivity index (χ0) is 41.7. The van der Waals surface area contributed by atoms with Gasteiger partial charge in [-0.05, 0) is 178 Å². The van der Waals surface area contributed by atoms with E-state index in [1.54, 1.807) is 0 Å². The Bertz CT molecular complexity index is 1490. The topological polar surface area (TPSA) is 113 Å². The molecule has 1 unspecified atom stereocenters. The minimum Gasteiger partial charge on any atom is -0.302 e. The number of phosphoric ester groups is 1. The van der Waals surface area contributed by atoms with E-state index < -0.39 is 15.6 Å². The minimum atomic E-state index is -5.09. The van der Waals surface area contributed by atoms with E-state index >= 15 is 0 Å². The number of hydrogen-bond acceptors (Lipinski definition) is 4. The van der Waals surface area contributed by atoms with Crippen LogP contribution in [0.15, 0.2) is 105 Å². The van der Waals surface area contributed by atoms with Gasteiger partial charge in [0.2, 0.25) is 0 Å². The van der Waals surface area contributed by atoms with Gasteiger partial charge in [-0.3, -0.25) is 4.52 Å². The van der Waals surface area contributed by atoms with Crippen LogP contribution < -0.4 is 0 Å². The molecule has 314 valence electrons. The molecule has 9 heteroatoms. The molecular weight excluding hydrogens is 726 g/mol. The van der Waals surface area contributed by atoms with Crippen LogP contribution in [-0.2, 0) is 18.0 Å². The summed E-state index contributed by atoms with van der Waals surface area (Å²) in [4.78, 5) is 26.6. The van der Waals surface area contributed by atoms with Crippen LogP contribution in [0.1, 0.15) is 178 Å². The fourth-order valence-corrected chi connectivity index (χ4v) is 7.46. The fourth-order valence-electron chi connectivity index (χ4n) is 5.86. The van der Waals surface area contributed by atoms with Gasteiger partial charge < -0.3 is 14.7 Å². The highest BCUT2D eigenvalue weighted by Crippen LogP contribution is 2.57. The van der Waals surface area contributed by atoms with Crippen LogP contribution in [0.25, 0.3) is 0 Å². The summed E-state index contributed by atoms with van der Waals surface area (Å²) >= 11 is 0. The summed E-state index contributed by atoms with van der Waals surface area (Å²) in [6.07, 6.45) is 38.7. The van der Waals surface area contributed by atoms with Crippen molar-refractivity contribution in [3.63, 3.8) is 0 Å². The molecule has 0 heterocycles. The lowest BCUT2D eigenvalue weighted by Crippen LogP contribution is -1.95. The Morgan fingerprint density at radius 1 is 0.382 bits per heavy atom. The minimum absolute atomic E-state index is 0.175. The van der Waals surface area contributed by atoms with Crippen molar-refractivity contribution in [2.24, 2.45) is 0 Å². The molecular formula is C46H78O7P2. The second-order valence-electron chi connectivity index (χ2n) is 15.7. The molecule has 7 nitrogen and oxygen atoms in total. The highest BCUT2D eigenvalue weighted by Gasteiger charge is 2.31. The first-order chi connectivity index (χ1) is 25.8. The molecule has 0 amide bonds. The zero-order valence-corrected chi connectivity index (χ0v) is 38.1. The third-order valence-corrected chi connectivity index (χ3v) is 11.6. The molecule has 0 bridgehead atoms. The van der Waals surface area contributed by atoms with Gasteiger partial charge in [0, 0.05) is 0 Å². The average molecular weight is 805 g/mol. The van der Waals surface area contributed by atoms with Gasteiger partial charge in [-0.2, -0.15) is 4.31 Å². The fraction of sp³-hybridized carbons (Fsp3) is 0.609. The maximum atomic E-state index is 11.5. The zero-order valence-electron chi connectivity index (χ0n) is 36.3. The molecule has 0 aliphatic carbocycles. The van der Waals surface area contributed by atoms with Crippen molar-refractivity contribution < 1.29 is 32.6 Å². The van der Waals surface area contributed by atoms with Crippen LogP contribution >= 0.6 is 15.6 Å². The molecule has 0 saturated carbocycles. The molecule has 0 spiro atoms. The Kier molecular flexibility index (Phi) is 29.8. The summed E-state index contributed by atoms with van der Waals surface area (Å²) in [5.74, 6) is 0. The molecule has 3 N–H and O–H groups in total. The van der Waals surface area contributed by atoms with Gasteiger partial charge in [0.25, 0.3) is 0 Å². The highest BCUT2D eigenvalue weighted by atomic mass is 31.3. The van der Waals surface area contributed by atoms with Crippen LogP contribution in [0, 0.1) is 0 Å². The van der Waals surface area contributed by atoms with Crippen molar-refractivity contribution in [1.29, 1.82) is 0 Å². The molecule has 0 aromatic heterocycles. The maximum absolute atomic E-state index is 11.5. The van der Waals surface area contributed by atoms with Crippen LogP contribution in [0.4, 0.5) is 0 Å². The van der Waals surface area contributed by atoms with Crippen molar-refractivity contribution >= 4 is 15.6 Å². The van der Waals surface area contributed by atoms with Crippen molar-refractivity contribution in [2.75, 3.05) is 6.61 Å². The van der Waals surface area contributed by atoms with Gasteiger partial charge in [0.1, 0.15) is 0 Å². The molecule has 1 atom stereocenters. The Hall–Kier alpha value is -2.08. The van der Waals surface area contributed by atoms with Crippen LogP contribution in [0.2, 0.25) is 0 Å². The predicted octanol–water partition coefficient (Wildman–Crippen LogP) is 15.4. The van der Waals surface area contributed by atoms with E-state index in [0.717, 1.165) is 102 Å². The van der Waals surface area contributed by atoms with Crippen molar-refractivity contribution in [2.45, 2.75) is 178 Å². The lowest BCUT2D eigenvalue weighted by atomic mass is 10.0. The largest absolute Gasteiger partial charge is 0.481 e. The summed E-state index contributed by atoms with van der Waals surface area (Å²) in [5, 5.41) is 0. The van der Waals surface area contributed by atoms with Crippen molar-refractivity contribution in [3.8, 4) is 0 Å². The van der Waals surface area contributed by atoms with Gasteiger partial charge in [0.15, 0.2) is 0 Å². The summed E-state index contributed by atoms with van der Waals surface area (Å²) in [7, 11) is -9.87. The first-order valence-corrected chi connectivity index (χ1v) is 23.4. The predicted molar refractivity (Wildman–Crippen MR) is 237 cm³/mol. The quantitative estimate of drug-likeness (QED) is 0.0376. The van der Waals surface area contributed by atoms with E-state index in [1.165, 1.54) is 51.0 Å². The van der Waals surface area contributed by atoms with E-state index in [9.17, 15) is 14.0 Å². The van der Waals surface area contributed by atoms with Gasteiger partial charge in [-0.25, -0.2) is 9.13 Å². The first kappa shape index (κ1) is 52.9. The molecule has 55 heavy (non-hydrogen) atoms. The average Bonchev–Trinajstić information content (AvgIpc) is 3.05. The first-order valence-electron chi connectivity index (χ1n) is 20.4. The third-order valence-electron chi connectivity index (χ3n) is 9.39. The molecule has 0 fully saturated rings. The second kappa shape index (κ2) is 31.0. The Balaban J connectivity index is 4.27.